The summed E-state index contributed by atoms with van der Waals surface area (Å²) in [7, 11) is 1.66. The number of hydrogen-bond acceptors (Lipinski definition) is 5. The van der Waals surface area contributed by atoms with Gasteiger partial charge in [-0.15, -0.1) is 0 Å². The summed E-state index contributed by atoms with van der Waals surface area (Å²) in [4.78, 5) is 3.95. The smallest absolute Gasteiger partial charge is 0.234 e. The molecule has 1 aromatic heterocycles. The van der Waals surface area contributed by atoms with Crippen LogP contribution in [0.4, 0.5) is 5.95 Å². The Balaban J connectivity index is 0.000000921. The van der Waals surface area contributed by atoms with Crippen LogP contribution in [-0.4, -0.2) is 35.4 Å². The number of nitrogens with one attached hydrogen (secondary N) is 2. The zero-order chi connectivity index (χ0) is 11.7. The van der Waals surface area contributed by atoms with Gasteiger partial charge in [-0.3, -0.25) is 15.2 Å². The zero-order valence-corrected chi connectivity index (χ0v) is 10.2. The molecule has 0 aliphatic carbocycles. The van der Waals surface area contributed by atoms with Crippen molar-refractivity contribution in [2.24, 2.45) is 5.84 Å². The van der Waals surface area contributed by atoms with Crippen molar-refractivity contribution in [3.63, 3.8) is 0 Å². The van der Waals surface area contributed by atoms with Gasteiger partial charge in [-0.2, -0.15) is 4.98 Å². The maximum absolute atomic E-state index is 5.67. The number of aromatic nitrogens is 3. The molecule has 0 radical (unpaired) electrons. The summed E-state index contributed by atoms with van der Waals surface area (Å²) in [6.07, 6.45) is 0.848. The zero-order valence-electron chi connectivity index (χ0n) is 9.41. The number of aromatic amines is 2. The van der Waals surface area contributed by atoms with E-state index in [0.717, 1.165) is 6.42 Å². The average Bonchev–Trinajstić information content (AvgIpc) is 2.68. The minimum Gasteiger partial charge on any atom is -0.385 e. The number of ether oxygens (including phenoxy) is 1. The van der Waals surface area contributed by atoms with Crippen LogP contribution in [0.25, 0.3) is 0 Å². The first-order chi connectivity index (χ1) is 7.24. The minimum absolute atomic E-state index is 0.400. The predicted molar refractivity (Wildman–Crippen MR) is 63.1 cm³/mol. The summed E-state index contributed by atoms with van der Waals surface area (Å²) >= 11 is 4.78. The number of rotatable bonds is 5. The van der Waals surface area contributed by atoms with Crippen molar-refractivity contribution in [3.8, 4) is 0 Å². The molecule has 1 aromatic rings. The largest absolute Gasteiger partial charge is 0.385 e. The number of hydrogen-bond donors (Lipinski definition) is 3. The Kier molecular flexibility index (Phi) is 7.88. The van der Waals surface area contributed by atoms with Crippen LogP contribution < -0.4 is 10.9 Å². The lowest BCUT2D eigenvalue weighted by Gasteiger charge is -2.13. The quantitative estimate of drug-likeness (QED) is 0.308. The molecular weight excluding hydrogens is 214 g/mol. The number of hydrazine groups is 1. The molecule has 0 bridgehead atoms. The van der Waals surface area contributed by atoms with Gasteiger partial charge in [0.2, 0.25) is 10.7 Å². The highest BCUT2D eigenvalue weighted by Gasteiger charge is 2.03. The van der Waals surface area contributed by atoms with E-state index in [4.69, 9.17) is 22.8 Å². The van der Waals surface area contributed by atoms with Crippen LogP contribution in [0.5, 0.6) is 0 Å². The summed E-state index contributed by atoms with van der Waals surface area (Å²) in [5.74, 6) is 6.21. The number of nitrogens with two attached hydrogens (primary N) is 1. The van der Waals surface area contributed by atoms with Gasteiger partial charge in [-0.1, -0.05) is 13.8 Å². The van der Waals surface area contributed by atoms with Gasteiger partial charge in [0.1, 0.15) is 0 Å². The Hall–Kier alpha value is -0.920. The number of anilines is 1. The van der Waals surface area contributed by atoms with E-state index < -0.39 is 0 Å². The summed E-state index contributed by atoms with van der Waals surface area (Å²) in [5.41, 5.74) is 0. The number of H-pyrrole nitrogens is 2. The maximum atomic E-state index is 5.67. The van der Waals surface area contributed by atoms with Gasteiger partial charge in [0, 0.05) is 20.3 Å². The molecule has 88 valence electrons. The fourth-order valence-electron chi connectivity index (χ4n) is 0.883. The Bertz CT molecular complexity index is 297. The second-order valence-corrected chi connectivity index (χ2v) is 2.92. The molecule has 0 aliphatic rings. The second-order valence-electron chi connectivity index (χ2n) is 2.53. The van der Waals surface area contributed by atoms with Crippen molar-refractivity contribution in [2.45, 2.75) is 20.3 Å². The number of methoxy groups -OCH3 is 1. The van der Waals surface area contributed by atoms with Gasteiger partial charge in [-0.05, 0) is 18.6 Å². The van der Waals surface area contributed by atoms with Crippen LogP contribution in [0.1, 0.15) is 20.3 Å². The van der Waals surface area contributed by atoms with Crippen molar-refractivity contribution < 1.29 is 4.74 Å². The summed E-state index contributed by atoms with van der Waals surface area (Å²) in [6.45, 7) is 5.35. The van der Waals surface area contributed by atoms with Gasteiger partial charge < -0.3 is 4.74 Å². The number of nitrogens with zero attached hydrogens (tertiary/aromatic N) is 2. The van der Waals surface area contributed by atoms with Crippen molar-refractivity contribution in [2.75, 3.05) is 25.3 Å². The first-order valence-corrected chi connectivity index (χ1v) is 5.30. The van der Waals surface area contributed by atoms with Crippen LogP contribution >= 0.6 is 12.2 Å². The van der Waals surface area contributed by atoms with Gasteiger partial charge in [0.25, 0.3) is 0 Å². The van der Waals surface area contributed by atoms with E-state index in [0.29, 0.717) is 23.9 Å². The van der Waals surface area contributed by atoms with Gasteiger partial charge >= 0.3 is 0 Å². The van der Waals surface area contributed by atoms with E-state index >= 15 is 0 Å². The third-order valence-electron chi connectivity index (χ3n) is 1.51. The first kappa shape index (κ1) is 14.1. The van der Waals surface area contributed by atoms with Gasteiger partial charge in [-0.25, -0.2) is 5.84 Å². The normalized spacial score (nSPS) is 9.33. The van der Waals surface area contributed by atoms with Crippen LogP contribution in [0.3, 0.4) is 0 Å². The lowest BCUT2D eigenvalue weighted by atomic mass is 10.4. The van der Waals surface area contributed by atoms with Gasteiger partial charge in [0.05, 0.1) is 0 Å². The van der Waals surface area contributed by atoms with E-state index in [9.17, 15) is 0 Å². The standard InChI is InChI=1S/C6H13N5OS.C2H6/c1-12-4-2-3-11(7)5-8-6(13)10-9-5;1-2/h2-4,7H2,1H3,(H2,8,9,10,13);1-2H3. The molecule has 0 fully saturated rings. The lowest BCUT2D eigenvalue weighted by Crippen LogP contribution is -2.33. The molecule has 0 amide bonds. The summed E-state index contributed by atoms with van der Waals surface area (Å²) in [6, 6.07) is 0. The molecule has 0 spiro atoms. The molecule has 0 aromatic carbocycles. The molecule has 1 heterocycles. The lowest BCUT2D eigenvalue weighted by molar-refractivity contribution is 0.196. The summed E-state index contributed by atoms with van der Waals surface area (Å²) in [5, 5.41) is 6.91. The van der Waals surface area contributed by atoms with Crippen molar-refractivity contribution in [1.82, 2.24) is 15.2 Å². The fourth-order valence-corrected chi connectivity index (χ4v) is 1.02. The Morgan fingerprint density at radius 1 is 1.47 bits per heavy atom. The van der Waals surface area contributed by atoms with E-state index in [1.165, 1.54) is 5.01 Å². The van der Waals surface area contributed by atoms with Gasteiger partial charge in [0.15, 0.2) is 0 Å². The molecule has 0 unspecified atom stereocenters. The van der Waals surface area contributed by atoms with E-state index in [1.807, 2.05) is 13.8 Å². The van der Waals surface area contributed by atoms with Crippen molar-refractivity contribution >= 4 is 18.2 Å². The Morgan fingerprint density at radius 3 is 2.60 bits per heavy atom. The molecule has 7 heteroatoms. The Labute approximate surface area is 94.8 Å². The highest BCUT2D eigenvalue weighted by Crippen LogP contribution is 2.00. The van der Waals surface area contributed by atoms with E-state index in [2.05, 4.69) is 15.2 Å². The first-order valence-electron chi connectivity index (χ1n) is 4.90. The van der Waals surface area contributed by atoms with Crippen LogP contribution in [0.2, 0.25) is 0 Å². The van der Waals surface area contributed by atoms with Crippen LogP contribution in [0, 0.1) is 4.77 Å². The molecular formula is C8H19N5OS. The third kappa shape index (κ3) is 5.50. The highest BCUT2D eigenvalue weighted by molar-refractivity contribution is 7.71. The molecule has 4 N–H and O–H groups in total. The average molecular weight is 233 g/mol. The third-order valence-corrected chi connectivity index (χ3v) is 1.70. The Morgan fingerprint density at radius 2 is 2.13 bits per heavy atom. The highest BCUT2D eigenvalue weighted by atomic mass is 32.1. The molecule has 0 atom stereocenters. The van der Waals surface area contributed by atoms with E-state index in [1.54, 1.807) is 7.11 Å². The van der Waals surface area contributed by atoms with Crippen LogP contribution in [0.15, 0.2) is 0 Å². The maximum Gasteiger partial charge on any atom is 0.234 e. The fraction of sp³-hybridized carbons (Fsp3) is 0.750. The second kappa shape index (κ2) is 8.39. The van der Waals surface area contributed by atoms with Crippen molar-refractivity contribution in [3.05, 3.63) is 4.77 Å². The molecule has 0 saturated heterocycles. The predicted octanol–water partition coefficient (Wildman–Crippen LogP) is 1.21. The topological polar surface area (TPSA) is 83.0 Å². The van der Waals surface area contributed by atoms with E-state index in [-0.39, 0.29) is 0 Å². The van der Waals surface area contributed by atoms with Crippen LogP contribution in [-0.2, 0) is 4.74 Å². The molecule has 0 aliphatic heterocycles. The molecule has 0 saturated carbocycles. The summed E-state index contributed by atoms with van der Waals surface area (Å²) < 4.78 is 5.29. The SMILES string of the molecule is CC.COCCCN(N)c1nc(=S)[nH][nH]1. The monoisotopic (exact) mass is 233 g/mol. The molecule has 1 rings (SSSR count). The minimum atomic E-state index is 0.400. The molecule has 15 heavy (non-hydrogen) atoms. The van der Waals surface area contributed by atoms with Crippen molar-refractivity contribution in [1.29, 1.82) is 0 Å². The molecule has 6 nitrogen and oxygen atoms in total.